The molecule has 1 amide bonds. The third-order valence-corrected chi connectivity index (χ3v) is 3.04. The minimum absolute atomic E-state index is 0.0716. The number of likely N-dealkylation sites (tertiary alicyclic amines) is 1. The molecule has 0 aliphatic carbocycles. The molecule has 0 N–H and O–H groups in total. The molecule has 1 aliphatic rings. The maximum atomic E-state index is 11.8. The highest BCUT2D eigenvalue weighted by Crippen LogP contribution is 2.18. The zero-order valence-electron chi connectivity index (χ0n) is 9.77. The molecular formula is C11H20N2O2. The van der Waals surface area contributed by atoms with Crippen LogP contribution in [0.3, 0.4) is 0 Å². The van der Waals surface area contributed by atoms with E-state index < -0.39 is 0 Å². The first kappa shape index (κ1) is 12.2. The van der Waals surface area contributed by atoms with Gasteiger partial charge in [-0.1, -0.05) is 6.42 Å². The predicted octanol–water partition coefficient (Wildman–Crippen LogP) is 0.516. The summed E-state index contributed by atoms with van der Waals surface area (Å²) in [5, 5.41) is 0. The highest BCUT2D eigenvalue weighted by Gasteiger charge is 2.30. The summed E-state index contributed by atoms with van der Waals surface area (Å²) in [7, 11) is 3.50. The zero-order valence-corrected chi connectivity index (χ0v) is 9.77. The predicted molar refractivity (Wildman–Crippen MR) is 58.6 cm³/mol. The molecule has 1 fully saturated rings. The zero-order chi connectivity index (χ0) is 11.4. The molecule has 86 valence electrons. The lowest BCUT2D eigenvalue weighted by molar-refractivity contribution is -0.136. The Morgan fingerprint density at radius 2 is 2.13 bits per heavy atom. The van der Waals surface area contributed by atoms with Gasteiger partial charge in [0, 0.05) is 14.1 Å². The van der Waals surface area contributed by atoms with E-state index >= 15 is 0 Å². The molecule has 1 rings (SSSR count). The van der Waals surface area contributed by atoms with Gasteiger partial charge in [-0.15, -0.1) is 0 Å². The van der Waals surface area contributed by atoms with Crippen LogP contribution in [0.15, 0.2) is 0 Å². The molecule has 2 atom stereocenters. The van der Waals surface area contributed by atoms with Crippen LogP contribution >= 0.6 is 0 Å². The van der Waals surface area contributed by atoms with Gasteiger partial charge in [0.15, 0.2) is 0 Å². The summed E-state index contributed by atoms with van der Waals surface area (Å²) >= 11 is 0. The average molecular weight is 212 g/mol. The normalized spacial score (nSPS) is 24.6. The number of rotatable bonds is 3. The van der Waals surface area contributed by atoms with Crippen molar-refractivity contribution in [2.75, 3.05) is 20.6 Å². The molecule has 1 saturated heterocycles. The fourth-order valence-electron chi connectivity index (χ4n) is 2.12. The van der Waals surface area contributed by atoms with Gasteiger partial charge in [0.1, 0.15) is 6.29 Å². The second-order valence-electron chi connectivity index (χ2n) is 4.35. The first-order valence-corrected chi connectivity index (χ1v) is 5.50. The Hall–Kier alpha value is -0.900. The second kappa shape index (κ2) is 5.26. The summed E-state index contributed by atoms with van der Waals surface area (Å²) in [6, 6.07) is -0.256. The Balaban J connectivity index is 2.67. The van der Waals surface area contributed by atoms with E-state index in [4.69, 9.17) is 0 Å². The van der Waals surface area contributed by atoms with Crippen LogP contribution in [0.2, 0.25) is 0 Å². The van der Waals surface area contributed by atoms with Gasteiger partial charge in [-0.2, -0.15) is 0 Å². The molecule has 0 aromatic heterocycles. The van der Waals surface area contributed by atoms with Crippen molar-refractivity contribution >= 4 is 12.2 Å². The number of carbonyl (C=O) groups excluding carboxylic acids is 2. The number of aldehydes is 1. The number of likely N-dealkylation sites (N-methyl/N-ethyl adjacent to an activating group) is 1. The van der Waals surface area contributed by atoms with Crippen LogP contribution < -0.4 is 0 Å². The third-order valence-electron chi connectivity index (χ3n) is 3.04. The van der Waals surface area contributed by atoms with E-state index in [-0.39, 0.29) is 18.0 Å². The maximum absolute atomic E-state index is 11.8. The maximum Gasteiger partial charge on any atom is 0.239 e. The van der Waals surface area contributed by atoms with Gasteiger partial charge in [0.05, 0.1) is 12.1 Å². The first-order valence-electron chi connectivity index (χ1n) is 5.50. The lowest BCUT2D eigenvalue weighted by Crippen LogP contribution is -2.51. The van der Waals surface area contributed by atoms with Crippen molar-refractivity contribution in [2.45, 2.75) is 38.3 Å². The summed E-state index contributed by atoms with van der Waals surface area (Å²) in [5.74, 6) is 0.0729. The third kappa shape index (κ3) is 2.78. The molecule has 4 nitrogen and oxygen atoms in total. The van der Waals surface area contributed by atoms with Crippen LogP contribution in [0.25, 0.3) is 0 Å². The molecule has 0 spiro atoms. The molecule has 0 bridgehead atoms. The van der Waals surface area contributed by atoms with Crippen molar-refractivity contribution in [3.05, 3.63) is 0 Å². The van der Waals surface area contributed by atoms with Crippen molar-refractivity contribution in [1.82, 2.24) is 9.80 Å². The molecule has 1 heterocycles. The summed E-state index contributed by atoms with van der Waals surface area (Å²) < 4.78 is 0. The van der Waals surface area contributed by atoms with Gasteiger partial charge >= 0.3 is 0 Å². The molecule has 0 radical (unpaired) electrons. The molecule has 1 aliphatic heterocycles. The van der Waals surface area contributed by atoms with Gasteiger partial charge < -0.3 is 9.69 Å². The Morgan fingerprint density at radius 3 is 2.67 bits per heavy atom. The number of piperidine rings is 1. The van der Waals surface area contributed by atoms with Crippen molar-refractivity contribution in [1.29, 1.82) is 0 Å². The standard InChI is InChI=1S/C11H20N2O2/c1-9(11(15)12(2)3)13-7-5-4-6-10(13)8-14/h8-10H,4-7H2,1-3H3. The number of nitrogens with zero attached hydrogens (tertiary/aromatic N) is 2. The number of hydrogen-bond donors (Lipinski definition) is 0. The largest absolute Gasteiger partial charge is 0.347 e. The molecule has 0 aromatic rings. The van der Waals surface area contributed by atoms with E-state index in [2.05, 4.69) is 0 Å². The molecule has 2 unspecified atom stereocenters. The van der Waals surface area contributed by atoms with E-state index in [0.29, 0.717) is 0 Å². The Morgan fingerprint density at radius 1 is 1.47 bits per heavy atom. The van der Waals surface area contributed by atoms with Crippen LogP contribution in [-0.2, 0) is 9.59 Å². The van der Waals surface area contributed by atoms with E-state index in [1.807, 2.05) is 11.8 Å². The Bertz CT molecular complexity index is 241. The smallest absolute Gasteiger partial charge is 0.239 e. The average Bonchev–Trinajstić information content (AvgIpc) is 2.26. The fraction of sp³-hybridized carbons (Fsp3) is 0.818. The van der Waals surface area contributed by atoms with Crippen LogP contribution in [-0.4, -0.2) is 54.7 Å². The van der Waals surface area contributed by atoms with Crippen molar-refractivity contribution in [3.8, 4) is 0 Å². The topological polar surface area (TPSA) is 40.6 Å². The van der Waals surface area contributed by atoms with Crippen LogP contribution in [0.5, 0.6) is 0 Å². The van der Waals surface area contributed by atoms with Crippen LogP contribution in [0.4, 0.5) is 0 Å². The summed E-state index contributed by atoms with van der Waals surface area (Å²) in [6.07, 6.45) is 4.02. The van der Waals surface area contributed by atoms with Crippen molar-refractivity contribution in [3.63, 3.8) is 0 Å². The molecule has 15 heavy (non-hydrogen) atoms. The first-order chi connectivity index (χ1) is 7.07. The quantitative estimate of drug-likeness (QED) is 0.640. The summed E-state index contributed by atoms with van der Waals surface area (Å²) in [6.45, 7) is 2.73. The van der Waals surface area contributed by atoms with Gasteiger partial charge in [-0.05, 0) is 26.3 Å². The fourth-order valence-corrected chi connectivity index (χ4v) is 2.12. The van der Waals surface area contributed by atoms with Gasteiger partial charge in [-0.25, -0.2) is 0 Å². The van der Waals surface area contributed by atoms with E-state index in [9.17, 15) is 9.59 Å². The number of hydrogen-bond acceptors (Lipinski definition) is 3. The SMILES string of the molecule is CC(C(=O)N(C)C)N1CCCCC1C=O. The van der Waals surface area contributed by atoms with Crippen molar-refractivity contribution < 1.29 is 9.59 Å². The molecule has 4 heteroatoms. The molecular weight excluding hydrogens is 192 g/mol. The summed E-state index contributed by atoms with van der Waals surface area (Å²) in [4.78, 5) is 26.3. The lowest BCUT2D eigenvalue weighted by atomic mass is 10.0. The molecule has 0 saturated carbocycles. The lowest BCUT2D eigenvalue weighted by Gasteiger charge is -2.37. The number of carbonyl (C=O) groups is 2. The van der Waals surface area contributed by atoms with Gasteiger partial charge in [0.25, 0.3) is 0 Å². The highest BCUT2D eigenvalue weighted by atomic mass is 16.2. The van der Waals surface area contributed by atoms with E-state index in [1.54, 1.807) is 19.0 Å². The molecule has 0 aromatic carbocycles. The van der Waals surface area contributed by atoms with Gasteiger partial charge in [0.2, 0.25) is 5.91 Å². The van der Waals surface area contributed by atoms with Crippen molar-refractivity contribution in [2.24, 2.45) is 0 Å². The second-order valence-corrected chi connectivity index (χ2v) is 4.35. The number of amides is 1. The Kier molecular flexibility index (Phi) is 4.27. The minimum Gasteiger partial charge on any atom is -0.347 e. The summed E-state index contributed by atoms with van der Waals surface area (Å²) in [5.41, 5.74) is 0. The van der Waals surface area contributed by atoms with Crippen LogP contribution in [0, 0.1) is 0 Å². The van der Waals surface area contributed by atoms with E-state index in [0.717, 1.165) is 32.1 Å². The van der Waals surface area contributed by atoms with Crippen LogP contribution in [0.1, 0.15) is 26.2 Å². The van der Waals surface area contributed by atoms with Gasteiger partial charge in [-0.3, -0.25) is 9.69 Å². The highest BCUT2D eigenvalue weighted by molar-refractivity contribution is 5.81. The Labute approximate surface area is 91.2 Å². The van der Waals surface area contributed by atoms with E-state index in [1.165, 1.54) is 0 Å². The minimum atomic E-state index is -0.185. The monoisotopic (exact) mass is 212 g/mol.